The third kappa shape index (κ3) is 2.21. The van der Waals surface area contributed by atoms with Crippen molar-refractivity contribution in [2.24, 2.45) is 17.3 Å². The van der Waals surface area contributed by atoms with Gasteiger partial charge in [0, 0.05) is 9.65 Å². The highest BCUT2D eigenvalue weighted by Crippen LogP contribution is 2.56. The summed E-state index contributed by atoms with van der Waals surface area (Å²) in [5, 5.41) is 1.16. The first-order chi connectivity index (χ1) is 6.45. The molecule has 2 saturated carbocycles. The third-order valence-electron chi connectivity index (χ3n) is 3.95. The van der Waals surface area contributed by atoms with Gasteiger partial charge in [0.25, 0.3) is 0 Å². The van der Waals surface area contributed by atoms with Gasteiger partial charge in [-0.15, -0.1) is 0 Å². The van der Waals surface area contributed by atoms with Crippen LogP contribution in [0.2, 0.25) is 0 Å². The first-order valence-corrected chi connectivity index (χ1v) is 7.61. The molecule has 4 atom stereocenters. The average Bonchev–Trinajstić information content (AvgIpc) is 1.99. The summed E-state index contributed by atoms with van der Waals surface area (Å²) in [6, 6.07) is 0. The topological polar surface area (TPSA) is 0 Å². The zero-order chi connectivity index (χ0) is 10.4. The van der Waals surface area contributed by atoms with Crippen LogP contribution in [0.25, 0.3) is 0 Å². The van der Waals surface area contributed by atoms with E-state index in [1.807, 2.05) is 0 Å². The second kappa shape index (κ2) is 3.76. The first kappa shape index (κ1) is 11.4. The molecule has 0 heterocycles. The second-order valence-corrected chi connectivity index (χ2v) is 8.33. The fraction of sp³-hybridized carbons (Fsp3) is 1.00. The molecule has 2 aliphatic rings. The zero-order valence-electron chi connectivity index (χ0n) is 9.15. The number of hydrogen-bond donors (Lipinski definition) is 0. The maximum atomic E-state index is 4.02. The first-order valence-electron chi connectivity index (χ1n) is 5.70. The van der Waals surface area contributed by atoms with Crippen molar-refractivity contribution in [2.75, 3.05) is 5.33 Å². The van der Waals surface area contributed by atoms with E-state index in [-0.39, 0.29) is 0 Å². The molecule has 0 N–H and O–H groups in total. The van der Waals surface area contributed by atoms with Crippen LogP contribution >= 0.6 is 31.9 Å². The van der Waals surface area contributed by atoms with Gasteiger partial charge in [0.2, 0.25) is 0 Å². The molecule has 0 aromatic heterocycles. The van der Waals surface area contributed by atoms with Crippen LogP contribution in [-0.4, -0.2) is 9.65 Å². The van der Waals surface area contributed by atoms with Crippen LogP contribution in [-0.2, 0) is 0 Å². The molecule has 14 heavy (non-hydrogen) atoms. The van der Waals surface area contributed by atoms with Crippen LogP contribution in [0.4, 0.5) is 0 Å². The summed E-state index contributed by atoms with van der Waals surface area (Å²) in [4.78, 5) is 0. The second-order valence-electron chi connectivity index (χ2n) is 6.09. The summed E-state index contributed by atoms with van der Waals surface area (Å²) in [5.74, 6) is 1.89. The Morgan fingerprint density at radius 3 is 2.57 bits per heavy atom. The summed E-state index contributed by atoms with van der Waals surface area (Å²) in [7, 11) is 0. The quantitative estimate of drug-likeness (QED) is 0.611. The Balaban J connectivity index is 2.16. The molecule has 0 aromatic rings. The molecule has 4 unspecified atom stereocenters. The van der Waals surface area contributed by atoms with E-state index in [9.17, 15) is 0 Å². The molecule has 2 heteroatoms. The summed E-state index contributed by atoms with van der Waals surface area (Å²) in [5.41, 5.74) is 0.534. The summed E-state index contributed by atoms with van der Waals surface area (Å²) < 4.78 is 0.468. The lowest BCUT2D eigenvalue weighted by atomic mass is 9.60. The van der Waals surface area contributed by atoms with Crippen molar-refractivity contribution in [1.29, 1.82) is 0 Å². The highest BCUT2D eigenvalue weighted by Gasteiger charge is 2.47. The minimum Gasteiger partial charge on any atom is -0.0922 e. The molecule has 2 fully saturated rings. The molecule has 0 saturated heterocycles. The lowest BCUT2D eigenvalue weighted by Gasteiger charge is -2.51. The fourth-order valence-corrected chi connectivity index (χ4v) is 6.01. The molecular formula is C12H20Br2. The molecule has 0 amide bonds. The third-order valence-corrected chi connectivity index (χ3v) is 6.23. The number of hydrogen-bond acceptors (Lipinski definition) is 0. The van der Waals surface area contributed by atoms with Crippen molar-refractivity contribution in [2.45, 2.75) is 50.3 Å². The van der Waals surface area contributed by atoms with Gasteiger partial charge in [-0.05, 0) is 49.4 Å². The zero-order valence-corrected chi connectivity index (χ0v) is 12.3. The monoisotopic (exact) mass is 322 g/mol. The molecule has 2 rings (SSSR count). The molecule has 0 aromatic carbocycles. The van der Waals surface area contributed by atoms with Gasteiger partial charge in [-0.25, -0.2) is 0 Å². The minimum atomic E-state index is 0.468. The van der Waals surface area contributed by atoms with Crippen LogP contribution in [0.5, 0.6) is 0 Å². The van der Waals surface area contributed by atoms with Gasteiger partial charge in [-0.2, -0.15) is 0 Å². The lowest BCUT2D eigenvalue weighted by molar-refractivity contribution is 0.0852. The van der Waals surface area contributed by atoms with Gasteiger partial charge in [0.05, 0.1) is 0 Å². The van der Waals surface area contributed by atoms with E-state index < -0.39 is 0 Å². The van der Waals surface area contributed by atoms with Gasteiger partial charge in [-0.3, -0.25) is 0 Å². The highest BCUT2D eigenvalue weighted by molar-refractivity contribution is 9.10. The van der Waals surface area contributed by atoms with E-state index >= 15 is 0 Å². The number of alkyl halides is 2. The van der Waals surface area contributed by atoms with Crippen molar-refractivity contribution in [1.82, 2.24) is 0 Å². The summed E-state index contributed by atoms with van der Waals surface area (Å²) in [6.45, 7) is 4.86. The van der Waals surface area contributed by atoms with E-state index in [0.717, 1.165) is 17.2 Å². The van der Waals surface area contributed by atoms with E-state index in [1.165, 1.54) is 32.1 Å². The van der Waals surface area contributed by atoms with Crippen LogP contribution in [0.1, 0.15) is 46.0 Å². The molecule has 0 spiro atoms. The number of halogens is 2. The normalized spacial score (nSPS) is 53.1. The maximum Gasteiger partial charge on any atom is 0.0268 e. The van der Waals surface area contributed by atoms with Gasteiger partial charge in [-0.1, -0.05) is 45.7 Å². The van der Waals surface area contributed by atoms with E-state index in [4.69, 9.17) is 0 Å². The highest BCUT2D eigenvalue weighted by atomic mass is 79.9. The van der Waals surface area contributed by atoms with Crippen molar-refractivity contribution < 1.29 is 0 Å². The molecule has 0 aliphatic heterocycles. The predicted molar refractivity (Wildman–Crippen MR) is 69.3 cm³/mol. The van der Waals surface area contributed by atoms with Crippen LogP contribution < -0.4 is 0 Å². The molecule has 82 valence electrons. The largest absolute Gasteiger partial charge is 0.0922 e. The van der Waals surface area contributed by atoms with E-state index in [1.54, 1.807) is 0 Å². The number of rotatable bonds is 1. The summed E-state index contributed by atoms with van der Waals surface area (Å²) in [6.07, 6.45) is 7.03. The fourth-order valence-electron chi connectivity index (χ4n) is 3.90. The smallest absolute Gasteiger partial charge is 0.0268 e. The van der Waals surface area contributed by atoms with Crippen molar-refractivity contribution in [3.63, 3.8) is 0 Å². The van der Waals surface area contributed by atoms with E-state index in [0.29, 0.717) is 9.74 Å². The van der Waals surface area contributed by atoms with Gasteiger partial charge < -0.3 is 0 Å². The maximum absolute atomic E-state index is 4.02. The average molecular weight is 324 g/mol. The van der Waals surface area contributed by atoms with Gasteiger partial charge in [0.1, 0.15) is 0 Å². The van der Waals surface area contributed by atoms with Crippen LogP contribution in [0.3, 0.4) is 0 Å². The Bertz CT molecular complexity index is 224. The summed E-state index contributed by atoms with van der Waals surface area (Å²) >= 11 is 7.72. The van der Waals surface area contributed by atoms with Gasteiger partial charge >= 0.3 is 0 Å². The SMILES string of the molecule is CC1CC2CC(C)(CBr)CC(Br)(C1)C2. The Labute approximate surface area is 104 Å². The van der Waals surface area contributed by atoms with Crippen molar-refractivity contribution in [3.8, 4) is 0 Å². The van der Waals surface area contributed by atoms with Crippen molar-refractivity contribution in [3.05, 3.63) is 0 Å². The molecular weight excluding hydrogens is 304 g/mol. The minimum absolute atomic E-state index is 0.468. The predicted octanol–water partition coefficient (Wildman–Crippen LogP) is 4.75. The Morgan fingerprint density at radius 2 is 2.00 bits per heavy atom. The molecule has 0 radical (unpaired) electrons. The molecule has 2 bridgehead atoms. The standard InChI is InChI=1S/C12H20Br2/c1-9-3-10-5-11(2,8-13)7-12(14,4-9)6-10/h9-10H,3-8H2,1-2H3. The van der Waals surface area contributed by atoms with Crippen LogP contribution in [0, 0.1) is 17.3 Å². The lowest BCUT2D eigenvalue weighted by Crippen LogP contribution is -2.45. The number of fused-ring (bicyclic) bond motifs is 2. The van der Waals surface area contributed by atoms with Gasteiger partial charge in [0.15, 0.2) is 0 Å². The Hall–Kier alpha value is 0.960. The van der Waals surface area contributed by atoms with Crippen molar-refractivity contribution >= 4 is 31.9 Å². The molecule has 0 nitrogen and oxygen atoms in total. The molecule has 2 aliphatic carbocycles. The Kier molecular flexibility index (Phi) is 3.08. The van der Waals surface area contributed by atoms with Crippen LogP contribution in [0.15, 0.2) is 0 Å². The van der Waals surface area contributed by atoms with E-state index in [2.05, 4.69) is 45.7 Å². The Morgan fingerprint density at radius 1 is 1.29 bits per heavy atom.